The van der Waals surface area contributed by atoms with Gasteiger partial charge in [0, 0.05) is 39.3 Å². The molecule has 0 radical (unpaired) electrons. The molecule has 3 atom stereocenters. The van der Waals surface area contributed by atoms with Gasteiger partial charge in [-0.1, -0.05) is 23.7 Å². The van der Waals surface area contributed by atoms with Crippen molar-refractivity contribution in [3.63, 3.8) is 0 Å². The number of morpholine rings is 1. The third-order valence-electron chi connectivity index (χ3n) is 5.56. The van der Waals surface area contributed by atoms with Crippen molar-refractivity contribution in [2.45, 2.75) is 39.0 Å². The van der Waals surface area contributed by atoms with Crippen molar-refractivity contribution >= 4 is 29.1 Å². The zero-order valence-electron chi connectivity index (χ0n) is 17.4. The Bertz CT molecular complexity index is 714. The van der Waals surface area contributed by atoms with Crippen LogP contribution in [0.15, 0.2) is 24.3 Å². The molecule has 160 valence electrons. The molecule has 2 fully saturated rings. The molecule has 7 nitrogen and oxygen atoms in total. The van der Waals surface area contributed by atoms with Gasteiger partial charge in [-0.05, 0) is 32.9 Å². The first-order valence-corrected chi connectivity index (χ1v) is 10.7. The van der Waals surface area contributed by atoms with E-state index in [1.54, 1.807) is 12.1 Å². The molecule has 2 saturated heterocycles. The second-order valence-electron chi connectivity index (χ2n) is 8.02. The van der Waals surface area contributed by atoms with Gasteiger partial charge in [0.2, 0.25) is 11.8 Å². The monoisotopic (exact) mass is 422 g/mol. The number of ether oxygens (including phenoxy) is 1. The van der Waals surface area contributed by atoms with Crippen LogP contribution in [0.5, 0.6) is 0 Å². The summed E-state index contributed by atoms with van der Waals surface area (Å²) in [4.78, 5) is 31.5. The van der Waals surface area contributed by atoms with Gasteiger partial charge in [0.1, 0.15) is 0 Å². The number of hydrogen-bond donors (Lipinski definition) is 1. The van der Waals surface area contributed by atoms with Crippen molar-refractivity contribution in [3.8, 4) is 0 Å². The van der Waals surface area contributed by atoms with E-state index in [1.807, 2.05) is 37.8 Å². The number of hydrogen-bond acceptors (Lipinski definition) is 5. The highest BCUT2D eigenvalue weighted by atomic mass is 35.5. The lowest BCUT2D eigenvalue weighted by Gasteiger charge is -2.41. The average molecular weight is 423 g/mol. The number of benzene rings is 1. The molecule has 0 bridgehead atoms. The Balaban J connectivity index is 1.45. The van der Waals surface area contributed by atoms with E-state index in [2.05, 4.69) is 15.1 Å². The number of amides is 2. The van der Waals surface area contributed by atoms with Crippen LogP contribution >= 0.6 is 11.6 Å². The predicted octanol–water partition coefficient (Wildman–Crippen LogP) is 1.92. The molecule has 2 heterocycles. The topological polar surface area (TPSA) is 65.1 Å². The van der Waals surface area contributed by atoms with Gasteiger partial charge in [-0.15, -0.1) is 0 Å². The van der Waals surface area contributed by atoms with Crippen LogP contribution in [-0.2, 0) is 14.3 Å². The molecule has 1 aromatic carbocycles. The lowest BCUT2D eigenvalue weighted by Crippen LogP contribution is -2.58. The standard InChI is InChI=1S/C21H31ClN4O3/c1-15-12-26(13-16(2)29-15)21(28)17(3)25-10-8-24(9-11-25)14-20(27)23-19-7-5-4-6-18(19)22/h4-7,15-17H,8-14H2,1-3H3,(H,23,27). The largest absolute Gasteiger partial charge is 0.372 e. The summed E-state index contributed by atoms with van der Waals surface area (Å²) in [5, 5.41) is 3.39. The maximum atomic E-state index is 12.9. The number of carbonyl (C=O) groups excluding carboxylic acids is 2. The third-order valence-corrected chi connectivity index (χ3v) is 5.89. The second kappa shape index (κ2) is 9.89. The second-order valence-corrected chi connectivity index (χ2v) is 8.42. The quantitative estimate of drug-likeness (QED) is 0.785. The smallest absolute Gasteiger partial charge is 0.239 e. The first-order chi connectivity index (χ1) is 13.8. The summed E-state index contributed by atoms with van der Waals surface area (Å²) in [6, 6.07) is 7.06. The van der Waals surface area contributed by atoms with Gasteiger partial charge in [-0.3, -0.25) is 19.4 Å². The van der Waals surface area contributed by atoms with Crippen LogP contribution in [0.2, 0.25) is 5.02 Å². The van der Waals surface area contributed by atoms with Crippen LogP contribution in [0.25, 0.3) is 0 Å². The zero-order chi connectivity index (χ0) is 21.0. The Morgan fingerprint density at radius 3 is 2.38 bits per heavy atom. The van der Waals surface area contributed by atoms with Crippen molar-refractivity contribution in [2.75, 3.05) is 51.1 Å². The molecule has 1 N–H and O–H groups in total. The molecule has 0 aromatic heterocycles. The van der Waals surface area contributed by atoms with Crippen LogP contribution < -0.4 is 5.32 Å². The van der Waals surface area contributed by atoms with Crippen molar-refractivity contribution in [2.24, 2.45) is 0 Å². The Kier molecular flexibility index (Phi) is 7.51. The summed E-state index contributed by atoms with van der Waals surface area (Å²) in [6.45, 7) is 10.6. The van der Waals surface area contributed by atoms with Crippen molar-refractivity contribution < 1.29 is 14.3 Å². The zero-order valence-corrected chi connectivity index (χ0v) is 18.2. The SMILES string of the molecule is CC1CN(C(=O)C(C)N2CCN(CC(=O)Nc3ccccc3Cl)CC2)CC(C)O1. The molecule has 3 rings (SSSR count). The fourth-order valence-corrected chi connectivity index (χ4v) is 4.23. The minimum absolute atomic E-state index is 0.0726. The normalized spacial score (nSPS) is 24.9. The number of piperazine rings is 1. The van der Waals surface area contributed by atoms with Crippen molar-refractivity contribution in [1.82, 2.24) is 14.7 Å². The molecule has 0 saturated carbocycles. The van der Waals surface area contributed by atoms with Crippen LogP contribution in [0, 0.1) is 0 Å². The summed E-state index contributed by atoms with van der Waals surface area (Å²) in [7, 11) is 0. The van der Waals surface area contributed by atoms with Crippen molar-refractivity contribution in [1.29, 1.82) is 0 Å². The van der Waals surface area contributed by atoms with Gasteiger partial charge in [0.25, 0.3) is 0 Å². The maximum absolute atomic E-state index is 12.9. The van der Waals surface area contributed by atoms with Gasteiger partial charge in [0.05, 0.1) is 35.5 Å². The van der Waals surface area contributed by atoms with Crippen LogP contribution in [0.1, 0.15) is 20.8 Å². The molecule has 3 unspecified atom stereocenters. The molecule has 2 amide bonds. The van der Waals surface area contributed by atoms with Crippen molar-refractivity contribution in [3.05, 3.63) is 29.3 Å². The first kappa shape index (κ1) is 22.0. The number of para-hydroxylation sites is 1. The van der Waals surface area contributed by atoms with Gasteiger partial charge in [-0.25, -0.2) is 0 Å². The number of carbonyl (C=O) groups is 2. The Morgan fingerprint density at radius 1 is 1.14 bits per heavy atom. The minimum atomic E-state index is -0.161. The molecule has 0 spiro atoms. The summed E-state index contributed by atoms with van der Waals surface area (Å²) < 4.78 is 5.73. The molecular formula is C21H31ClN4O3. The maximum Gasteiger partial charge on any atom is 0.239 e. The van der Waals surface area contributed by atoms with E-state index in [-0.39, 0.29) is 30.1 Å². The number of halogens is 1. The first-order valence-electron chi connectivity index (χ1n) is 10.3. The van der Waals surface area contributed by atoms with Gasteiger partial charge >= 0.3 is 0 Å². The number of nitrogens with one attached hydrogen (secondary N) is 1. The average Bonchev–Trinajstić information content (AvgIpc) is 2.68. The van der Waals surface area contributed by atoms with E-state index in [0.29, 0.717) is 30.3 Å². The lowest BCUT2D eigenvalue weighted by atomic mass is 10.1. The summed E-state index contributed by atoms with van der Waals surface area (Å²) >= 11 is 6.10. The van der Waals surface area contributed by atoms with Crippen LogP contribution in [0.4, 0.5) is 5.69 Å². The Morgan fingerprint density at radius 2 is 1.76 bits per heavy atom. The third kappa shape index (κ3) is 5.92. The van der Waals surface area contributed by atoms with E-state index in [1.165, 1.54) is 0 Å². The van der Waals surface area contributed by atoms with E-state index >= 15 is 0 Å². The molecule has 29 heavy (non-hydrogen) atoms. The highest BCUT2D eigenvalue weighted by Gasteiger charge is 2.32. The molecule has 1 aromatic rings. The van der Waals surface area contributed by atoms with E-state index in [4.69, 9.17) is 16.3 Å². The highest BCUT2D eigenvalue weighted by Crippen LogP contribution is 2.20. The lowest BCUT2D eigenvalue weighted by molar-refractivity contribution is -0.149. The summed E-state index contributed by atoms with van der Waals surface area (Å²) in [6.07, 6.45) is 0.145. The molecular weight excluding hydrogens is 392 g/mol. The number of rotatable bonds is 5. The van der Waals surface area contributed by atoms with Crippen LogP contribution in [0.3, 0.4) is 0 Å². The van der Waals surface area contributed by atoms with E-state index < -0.39 is 0 Å². The number of anilines is 1. The van der Waals surface area contributed by atoms with Crippen LogP contribution in [-0.4, -0.2) is 90.6 Å². The molecule has 2 aliphatic rings. The highest BCUT2D eigenvalue weighted by molar-refractivity contribution is 6.33. The van der Waals surface area contributed by atoms with Gasteiger partial charge < -0.3 is 15.0 Å². The molecule has 0 aliphatic carbocycles. The number of nitrogens with zero attached hydrogens (tertiary/aromatic N) is 3. The fourth-order valence-electron chi connectivity index (χ4n) is 4.04. The fraction of sp³-hybridized carbons (Fsp3) is 0.619. The molecule has 8 heteroatoms. The van der Waals surface area contributed by atoms with E-state index in [0.717, 1.165) is 26.2 Å². The Hall–Kier alpha value is -1.67. The predicted molar refractivity (Wildman–Crippen MR) is 114 cm³/mol. The van der Waals surface area contributed by atoms with Gasteiger partial charge in [0.15, 0.2) is 0 Å². The molecule has 2 aliphatic heterocycles. The van der Waals surface area contributed by atoms with Gasteiger partial charge in [-0.2, -0.15) is 0 Å². The minimum Gasteiger partial charge on any atom is -0.372 e. The van der Waals surface area contributed by atoms with E-state index in [9.17, 15) is 9.59 Å². The summed E-state index contributed by atoms with van der Waals surface area (Å²) in [5.41, 5.74) is 0.631. The Labute approximate surface area is 177 Å². The summed E-state index contributed by atoms with van der Waals surface area (Å²) in [5.74, 6) is 0.0869.